The van der Waals surface area contributed by atoms with Gasteiger partial charge in [-0.15, -0.1) is 0 Å². The van der Waals surface area contributed by atoms with E-state index in [1.165, 1.54) is 12.1 Å². The van der Waals surface area contributed by atoms with Crippen molar-refractivity contribution in [1.82, 2.24) is 10.2 Å². The number of aromatic hydroxyl groups is 2. The van der Waals surface area contributed by atoms with E-state index < -0.39 is 5.97 Å². The molecule has 0 unspecified atom stereocenters. The van der Waals surface area contributed by atoms with Crippen LogP contribution >= 0.6 is 0 Å². The molecule has 1 aromatic heterocycles. The van der Waals surface area contributed by atoms with Crippen LogP contribution in [0, 0.1) is 0 Å². The number of carboxylic acids is 1. The molecule has 126 valence electrons. The Morgan fingerprint density at radius 1 is 1.08 bits per heavy atom. The molecule has 8 heteroatoms. The van der Waals surface area contributed by atoms with Gasteiger partial charge < -0.3 is 24.8 Å². The molecule has 8 nitrogen and oxygen atoms in total. The quantitative estimate of drug-likeness (QED) is 0.577. The number of rotatable bonds is 3. The van der Waals surface area contributed by atoms with E-state index in [1.54, 1.807) is 18.2 Å². The molecule has 0 spiro atoms. The first kappa shape index (κ1) is 14.9. The van der Waals surface area contributed by atoms with Crippen molar-refractivity contribution in [2.45, 2.75) is 0 Å². The van der Waals surface area contributed by atoms with E-state index in [-0.39, 0.29) is 35.2 Å². The van der Waals surface area contributed by atoms with Crippen molar-refractivity contribution < 1.29 is 29.6 Å². The fourth-order valence-corrected chi connectivity index (χ4v) is 2.75. The molecule has 4 rings (SSSR count). The molecule has 0 radical (unpaired) electrons. The van der Waals surface area contributed by atoms with Crippen molar-refractivity contribution >= 4 is 5.97 Å². The SMILES string of the molecule is O=C(O)c1[nH]nc(-c2ccc(O)cc2O)c1-c1ccc2c(c1)OCO2. The van der Waals surface area contributed by atoms with E-state index >= 15 is 0 Å². The third kappa shape index (κ3) is 2.40. The molecule has 0 fully saturated rings. The number of hydrogen-bond donors (Lipinski definition) is 4. The topological polar surface area (TPSA) is 125 Å². The van der Waals surface area contributed by atoms with E-state index in [0.717, 1.165) is 6.07 Å². The molecule has 0 aliphatic carbocycles. The highest BCUT2D eigenvalue weighted by Gasteiger charge is 2.25. The maximum Gasteiger partial charge on any atom is 0.354 e. The van der Waals surface area contributed by atoms with Gasteiger partial charge in [-0.1, -0.05) is 6.07 Å². The van der Waals surface area contributed by atoms with Crippen LogP contribution in [0.2, 0.25) is 0 Å². The van der Waals surface area contributed by atoms with E-state index in [0.29, 0.717) is 22.6 Å². The first-order valence-corrected chi connectivity index (χ1v) is 7.28. The first-order chi connectivity index (χ1) is 12.0. The third-order valence-electron chi connectivity index (χ3n) is 3.88. The van der Waals surface area contributed by atoms with E-state index in [1.807, 2.05) is 0 Å². The van der Waals surface area contributed by atoms with Gasteiger partial charge in [0, 0.05) is 17.2 Å². The van der Waals surface area contributed by atoms with E-state index in [4.69, 9.17) is 9.47 Å². The lowest BCUT2D eigenvalue weighted by Gasteiger charge is -2.08. The van der Waals surface area contributed by atoms with Gasteiger partial charge in [0.15, 0.2) is 17.2 Å². The Morgan fingerprint density at radius 2 is 1.88 bits per heavy atom. The summed E-state index contributed by atoms with van der Waals surface area (Å²) in [5, 5.41) is 35.6. The zero-order chi connectivity index (χ0) is 17.6. The van der Waals surface area contributed by atoms with E-state index in [9.17, 15) is 20.1 Å². The van der Waals surface area contributed by atoms with Gasteiger partial charge in [0.05, 0.1) is 0 Å². The molecular weight excluding hydrogens is 328 g/mol. The van der Waals surface area contributed by atoms with Crippen molar-refractivity contribution in [3.63, 3.8) is 0 Å². The standard InChI is InChI=1S/C17H12N2O6/c20-9-2-3-10(11(21)6-9)15-14(16(17(22)23)19-18-15)8-1-4-12-13(5-8)25-7-24-12/h1-6,20-21H,7H2,(H,18,19)(H,22,23). The molecule has 0 amide bonds. The summed E-state index contributed by atoms with van der Waals surface area (Å²) in [7, 11) is 0. The average molecular weight is 340 g/mol. The molecule has 1 aliphatic heterocycles. The van der Waals surface area contributed by atoms with Crippen molar-refractivity contribution in [3.8, 4) is 45.4 Å². The monoisotopic (exact) mass is 340 g/mol. The van der Waals surface area contributed by atoms with Crippen molar-refractivity contribution in [2.24, 2.45) is 0 Å². The summed E-state index contributed by atoms with van der Waals surface area (Å²) in [5.74, 6) is -0.455. The molecule has 0 saturated heterocycles. The third-order valence-corrected chi connectivity index (χ3v) is 3.88. The zero-order valence-electron chi connectivity index (χ0n) is 12.7. The van der Waals surface area contributed by atoms with Crippen molar-refractivity contribution in [3.05, 3.63) is 42.1 Å². The second-order valence-corrected chi connectivity index (χ2v) is 5.40. The van der Waals surface area contributed by atoms with Crippen LogP contribution in [0.25, 0.3) is 22.4 Å². The molecule has 2 aromatic carbocycles. The minimum absolute atomic E-state index is 0.0988. The lowest BCUT2D eigenvalue weighted by molar-refractivity contribution is 0.0691. The van der Waals surface area contributed by atoms with Gasteiger partial charge in [0.1, 0.15) is 17.2 Å². The van der Waals surface area contributed by atoms with Crippen LogP contribution in [0.5, 0.6) is 23.0 Å². The normalized spacial score (nSPS) is 12.3. The summed E-state index contributed by atoms with van der Waals surface area (Å²) in [5.41, 5.74) is 1.24. The number of ether oxygens (including phenoxy) is 2. The number of hydrogen-bond acceptors (Lipinski definition) is 6. The minimum atomic E-state index is -1.19. The van der Waals surface area contributed by atoms with Crippen LogP contribution in [0.3, 0.4) is 0 Å². The van der Waals surface area contributed by atoms with Gasteiger partial charge in [-0.3, -0.25) is 5.10 Å². The van der Waals surface area contributed by atoms with Gasteiger partial charge in [0.2, 0.25) is 6.79 Å². The van der Waals surface area contributed by atoms with Gasteiger partial charge in [-0.05, 0) is 29.8 Å². The Bertz CT molecular complexity index is 995. The summed E-state index contributed by atoms with van der Waals surface area (Å²) in [6.07, 6.45) is 0. The Morgan fingerprint density at radius 3 is 2.64 bits per heavy atom. The minimum Gasteiger partial charge on any atom is -0.508 e. The fraction of sp³-hybridized carbons (Fsp3) is 0.0588. The van der Waals surface area contributed by atoms with Gasteiger partial charge in [0.25, 0.3) is 0 Å². The molecule has 3 aromatic rings. The number of nitrogens with one attached hydrogen (secondary N) is 1. The van der Waals surface area contributed by atoms with Crippen LogP contribution in [0.15, 0.2) is 36.4 Å². The molecule has 0 atom stereocenters. The molecule has 0 saturated carbocycles. The number of benzene rings is 2. The number of aromatic nitrogens is 2. The number of phenolic OH excluding ortho intramolecular Hbond substituents is 2. The summed E-state index contributed by atoms with van der Waals surface area (Å²) < 4.78 is 10.6. The molecule has 0 bridgehead atoms. The summed E-state index contributed by atoms with van der Waals surface area (Å²) in [4.78, 5) is 11.6. The van der Waals surface area contributed by atoms with Crippen molar-refractivity contribution in [1.29, 1.82) is 0 Å². The van der Waals surface area contributed by atoms with Crippen LogP contribution < -0.4 is 9.47 Å². The summed E-state index contributed by atoms with van der Waals surface area (Å²) in [6, 6.07) is 9.02. The lowest BCUT2D eigenvalue weighted by Crippen LogP contribution is -1.99. The number of carbonyl (C=O) groups is 1. The van der Waals surface area contributed by atoms with Crippen LogP contribution in [-0.2, 0) is 0 Å². The number of fused-ring (bicyclic) bond motifs is 1. The van der Waals surface area contributed by atoms with Gasteiger partial charge in [-0.2, -0.15) is 5.10 Å². The lowest BCUT2D eigenvalue weighted by atomic mass is 9.98. The highest BCUT2D eigenvalue weighted by atomic mass is 16.7. The number of phenols is 2. The number of aromatic carboxylic acids is 1. The second kappa shape index (κ2) is 5.45. The van der Waals surface area contributed by atoms with Crippen LogP contribution in [0.4, 0.5) is 0 Å². The number of aromatic amines is 1. The predicted octanol–water partition coefficient (Wildman–Crippen LogP) is 2.58. The molecule has 1 aliphatic rings. The predicted molar refractivity (Wildman–Crippen MR) is 85.9 cm³/mol. The van der Waals surface area contributed by atoms with E-state index in [2.05, 4.69) is 10.2 Å². The fourth-order valence-electron chi connectivity index (χ4n) is 2.75. The maximum absolute atomic E-state index is 11.6. The summed E-state index contributed by atoms with van der Waals surface area (Å²) in [6.45, 7) is 0.0988. The molecular formula is C17H12N2O6. The summed E-state index contributed by atoms with van der Waals surface area (Å²) >= 11 is 0. The van der Waals surface area contributed by atoms with Gasteiger partial charge >= 0.3 is 5.97 Å². The maximum atomic E-state index is 11.6. The Hall–Kier alpha value is -3.68. The van der Waals surface area contributed by atoms with Crippen molar-refractivity contribution in [2.75, 3.05) is 6.79 Å². The van der Waals surface area contributed by atoms with Gasteiger partial charge in [-0.25, -0.2) is 4.79 Å². The zero-order valence-corrected chi connectivity index (χ0v) is 12.7. The smallest absolute Gasteiger partial charge is 0.354 e. The molecule has 4 N–H and O–H groups in total. The highest BCUT2D eigenvalue weighted by molar-refractivity contribution is 5.99. The Balaban J connectivity index is 1.94. The number of nitrogens with zero attached hydrogens (tertiary/aromatic N) is 1. The highest BCUT2D eigenvalue weighted by Crippen LogP contribution is 2.42. The van der Waals surface area contributed by atoms with Crippen LogP contribution in [-0.4, -0.2) is 38.3 Å². The Labute approximate surface area is 140 Å². The largest absolute Gasteiger partial charge is 0.508 e. The second-order valence-electron chi connectivity index (χ2n) is 5.40. The van der Waals surface area contributed by atoms with Crippen LogP contribution in [0.1, 0.15) is 10.5 Å². The molecule has 2 heterocycles. The molecule has 25 heavy (non-hydrogen) atoms. The average Bonchev–Trinajstić information content (AvgIpc) is 3.20. The number of H-pyrrole nitrogens is 1. The number of carboxylic acid groups (broad SMARTS) is 1. The Kier molecular flexibility index (Phi) is 3.24. The first-order valence-electron chi connectivity index (χ1n) is 7.28.